The maximum atomic E-state index is 12.7. The summed E-state index contributed by atoms with van der Waals surface area (Å²) in [5.74, 6) is -0.650. The SMILES string of the molecule is O=C(Cn1cnc(-c2ccc(Cl)cc2)cc1=O)Nc1cccc(C(F)(F)F)c1. The molecule has 1 heterocycles. The van der Waals surface area contributed by atoms with E-state index in [9.17, 15) is 22.8 Å². The van der Waals surface area contributed by atoms with Gasteiger partial charge in [-0.3, -0.25) is 14.2 Å². The van der Waals surface area contributed by atoms with E-state index in [4.69, 9.17) is 11.6 Å². The summed E-state index contributed by atoms with van der Waals surface area (Å²) in [6, 6.07) is 12.2. The molecule has 0 aliphatic carbocycles. The molecule has 0 unspecified atom stereocenters. The van der Waals surface area contributed by atoms with Gasteiger partial charge in [0.15, 0.2) is 0 Å². The van der Waals surface area contributed by atoms with E-state index in [1.54, 1.807) is 24.3 Å². The van der Waals surface area contributed by atoms with Gasteiger partial charge in [-0.1, -0.05) is 29.8 Å². The Morgan fingerprint density at radius 2 is 1.82 bits per heavy atom. The molecule has 0 aliphatic heterocycles. The average Bonchev–Trinajstić information content (AvgIpc) is 2.63. The van der Waals surface area contributed by atoms with Gasteiger partial charge in [-0.2, -0.15) is 13.2 Å². The van der Waals surface area contributed by atoms with Crippen LogP contribution in [0, 0.1) is 0 Å². The summed E-state index contributed by atoms with van der Waals surface area (Å²) < 4.78 is 39.3. The summed E-state index contributed by atoms with van der Waals surface area (Å²) in [7, 11) is 0. The summed E-state index contributed by atoms with van der Waals surface area (Å²) in [4.78, 5) is 28.5. The molecular formula is C19H13ClF3N3O2. The second kappa shape index (κ2) is 7.85. The van der Waals surface area contributed by atoms with Gasteiger partial charge in [0, 0.05) is 22.3 Å². The van der Waals surface area contributed by atoms with Gasteiger partial charge in [0.1, 0.15) is 6.54 Å². The molecule has 0 aliphatic rings. The fraction of sp³-hybridized carbons (Fsp3) is 0.105. The molecule has 9 heteroatoms. The highest BCUT2D eigenvalue weighted by Gasteiger charge is 2.30. The van der Waals surface area contributed by atoms with Crippen LogP contribution < -0.4 is 10.9 Å². The van der Waals surface area contributed by atoms with E-state index in [0.717, 1.165) is 16.7 Å². The fourth-order valence-corrected chi connectivity index (χ4v) is 2.58. The zero-order valence-corrected chi connectivity index (χ0v) is 15.0. The van der Waals surface area contributed by atoms with Crippen molar-refractivity contribution in [1.29, 1.82) is 0 Å². The van der Waals surface area contributed by atoms with Crippen LogP contribution in [0.4, 0.5) is 18.9 Å². The number of halogens is 4. The van der Waals surface area contributed by atoms with Crippen LogP contribution in [0.15, 0.2) is 65.7 Å². The molecule has 0 radical (unpaired) electrons. The van der Waals surface area contributed by atoms with Crippen molar-refractivity contribution < 1.29 is 18.0 Å². The largest absolute Gasteiger partial charge is 0.416 e. The van der Waals surface area contributed by atoms with Crippen LogP contribution in [0.25, 0.3) is 11.3 Å². The summed E-state index contributed by atoms with van der Waals surface area (Å²) in [5, 5.41) is 2.89. The molecule has 0 bridgehead atoms. The standard InChI is InChI=1S/C19H13ClF3N3O2/c20-14-6-4-12(5-7-14)16-9-18(28)26(11-24-16)10-17(27)25-15-3-1-2-13(8-15)19(21,22)23/h1-9,11H,10H2,(H,25,27). The molecule has 0 spiro atoms. The van der Waals surface area contributed by atoms with Gasteiger partial charge in [-0.15, -0.1) is 0 Å². The van der Waals surface area contributed by atoms with Crippen LogP contribution in [0.5, 0.6) is 0 Å². The number of benzene rings is 2. The van der Waals surface area contributed by atoms with Crippen LogP contribution in [0.2, 0.25) is 5.02 Å². The lowest BCUT2D eigenvalue weighted by atomic mass is 10.1. The minimum absolute atomic E-state index is 0.0152. The van der Waals surface area contributed by atoms with Crippen molar-refractivity contribution in [3.8, 4) is 11.3 Å². The lowest BCUT2D eigenvalue weighted by Gasteiger charge is -2.11. The van der Waals surface area contributed by atoms with Crippen molar-refractivity contribution in [2.75, 3.05) is 5.32 Å². The third kappa shape index (κ3) is 4.77. The Labute approximate surface area is 162 Å². The van der Waals surface area contributed by atoms with E-state index < -0.39 is 23.2 Å². The molecule has 28 heavy (non-hydrogen) atoms. The maximum absolute atomic E-state index is 12.7. The molecule has 1 amide bonds. The molecular weight excluding hydrogens is 395 g/mol. The fourth-order valence-electron chi connectivity index (χ4n) is 2.45. The first-order valence-corrected chi connectivity index (χ1v) is 8.40. The number of nitrogens with one attached hydrogen (secondary N) is 1. The predicted molar refractivity (Wildman–Crippen MR) is 99.0 cm³/mol. The topological polar surface area (TPSA) is 64.0 Å². The monoisotopic (exact) mass is 407 g/mol. The highest BCUT2D eigenvalue weighted by molar-refractivity contribution is 6.30. The van der Waals surface area contributed by atoms with Crippen LogP contribution in [-0.2, 0) is 17.5 Å². The van der Waals surface area contributed by atoms with Crippen molar-refractivity contribution in [3.63, 3.8) is 0 Å². The molecule has 1 aromatic heterocycles. The van der Waals surface area contributed by atoms with E-state index in [1.807, 2.05) is 0 Å². The van der Waals surface area contributed by atoms with E-state index in [2.05, 4.69) is 10.3 Å². The van der Waals surface area contributed by atoms with Gasteiger partial charge in [-0.25, -0.2) is 4.98 Å². The quantitative estimate of drug-likeness (QED) is 0.704. The maximum Gasteiger partial charge on any atom is 0.416 e. The lowest BCUT2D eigenvalue weighted by Crippen LogP contribution is -2.27. The van der Waals surface area contributed by atoms with E-state index in [-0.39, 0.29) is 12.2 Å². The summed E-state index contributed by atoms with van der Waals surface area (Å²) >= 11 is 5.82. The number of hydrogen-bond donors (Lipinski definition) is 1. The Hall–Kier alpha value is -3.13. The minimum Gasteiger partial charge on any atom is -0.325 e. The van der Waals surface area contributed by atoms with Gasteiger partial charge >= 0.3 is 6.18 Å². The Balaban J connectivity index is 1.72. The number of carbonyl (C=O) groups excluding carboxylic acids is 1. The Kier molecular flexibility index (Phi) is 5.51. The van der Waals surface area contributed by atoms with Crippen molar-refractivity contribution >= 4 is 23.2 Å². The van der Waals surface area contributed by atoms with Crippen LogP contribution in [-0.4, -0.2) is 15.5 Å². The van der Waals surface area contributed by atoms with Gasteiger partial charge in [0.25, 0.3) is 5.56 Å². The number of aromatic nitrogens is 2. The van der Waals surface area contributed by atoms with E-state index >= 15 is 0 Å². The first kappa shape index (κ1) is 19.6. The third-order valence-electron chi connectivity index (χ3n) is 3.81. The highest BCUT2D eigenvalue weighted by Crippen LogP contribution is 2.30. The smallest absolute Gasteiger partial charge is 0.325 e. The first-order chi connectivity index (χ1) is 13.2. The predicted octanol–water partition coefficient (Wildman–Crippen LogP) is 4.22. The number of anilines is 1. The Morgan fingerprint density at radius 1 is 1.11 bits per heavy atom. The number of rotatable bonds is 4. The van der Waals surface area contributed by atoms with Crippen LogP contribution in [0.3, 0.4) is 0 Å². The van der Waals surface area contributed by atoms with Gasteiger partial charge in [0.2, 0.25) is 5.91 Å². The first-order valence-electron chi connectivity index (χ1n) is 8.02. The Bertz CT molecular complexity index is 1060. The molecule has 3 aromatic rings. The number of carbonyl (C=O) groups is 1. The molecule has 5 nitrogen and oxygen atoms in total. The normalized spacial score (nSPS) is 11.3. The third-order valence-corrected chi connectivity index (χ3v) is 4.06. The molecule has 0 atom stereocenters. The summed E-state index contributed by atoms with van der Waals surface area (Å²) in [6.07, 6.45) is -3.31. The van der Waals surface area contributed by atoms with E-state index in [1.165, 1.54) is 24.5 Å². The average molecular weight is 408 g/mol. The minimum atomic E-state index is -4.51. The van der Waals surface area contributed by atoms with Crippen molar-refractivity contribution in [1.82, 2.24) is 9.55 Å². The zero-order chi connectivity index (χ0) is 20.3. The van der Waals surface area contributed by atoms with Crippen LogP contribution >= 0.6 is 11.6 Å². The highest BCUT2D eigenvalue weighted by atomic mass is 35.5. The molecule has 0 saturated heterocycles. The van der Waals surface area contributed by atoms with Crippen molar-refractivity contribution in [2.24, 2.45) is 0 Å². The molecule has 2 aromatic carbocycles. The molecule has 144 valence electrons. The van der Waals surface area contributed by atoms with Crippen molar-refractivity contribution in [2.45, 2.75) is 12.7 Å². The summed E-state index contributed by atoms with van der Waals surface area (Å²) in [6.45, 7) is -0.386. The number of hydrogen-bond acceptors (Lipinski definition) is 3. The van der Waals surface area contributed by atoms with Crippen molar-refractivity contribution in [3.05, 3.63) is 81.9 Å². The van der Waals surface area contributed by atoms with Crippen LogP contribution in [0.1, 0.15) is 5.56 Å². The molecule has 0 saturated carbocycles. The zero-order valence-electron chi connectivity index (χ0n) is 14.2. The second-order valence-corrected chi connectivity index (χ2v) is 6.31. The number of nitrogens with zero attached hydrogens (tertiary/aromatic N) is 2. The summed E-state index contributed by atoms with van der Waals surface area (Å²) in [5.41, 5.74) is -0.271. The molecule has 1 N–H and O–H groups in total. The number of amides is 1. The van der Waals surface area contributed by atoms with Gasteiger partial charge in [0.05, 0.1) is 17.6 Å². The number of alkyl halides is 3. The second-order valence-electron chi connectivity index (χ2n) is 5.87. The van der Waals surface area contributed by atoms with Gasteiger partial charge in [-0.05, 0) is 30.3 Å². The molecule has 0 fully saturated rings. The Morgan fingerprint density at radius 3 is 2.46 bits per heavy atom. The lowest BCUT2D eigenvalue weighted by molar-refractivity contribution is -0.137. The van der Waals surface area contributed by atoms with E-state index in [0.29, 0.717) is 16.3 Å². The van der Waals surface area contributed by atoms with Gasteiger partial charge < -0.3 is 5.32 Å². The molecule has 3 rings (SSSR count).